The molecule has 1 aromatic rings. The summed E-state index contributed by atoms with van der Waals surface area (Å²) in [7, 11) is 3.77. The van der Waals surface area contributed by atoms with E-state index >= 15 is 0 Å². The summed E-state index contributed by atoms with van der Waals surface area (Å²) in [6.45, 7) is 1.11. The van der Waals surface area contributed by atoms with Gasteiger partial charge in [0.1, 0.15) is 5.82 Å². The molecule has 2 amide bonds. The molecule has 0 saturated heterocycles. The van der Waals surface area contributed by atoms with E-state index in [-0.39, 0.29) is 18.4 Å². The lowest BCUT2D eigenvalue weighted by atomic mass is 9.85. The Kier molecular flexibility index (Phi) is 6.57. The standard InChI is InChI=1S/C18H28FN3O2/c1-22(2)12-15-10-14(6-7-16(15)19)11-20-17(23)21-13-18(24)8-4-3-5-9-18/h6-7,10,24H,3-5,8-9,11-13H2,1-2H3,(H2,20,21,23). The lowest BCUT2D eigenvalue weighted by Gasteiger charge is -2.32. The second-order valence-electron chi connectivity index (χ2n) is 6.98. The topological polar surface area (TPSA) is 64.6 Å². The molecule has 0 aliphatic heterocycles. The van der Waals surface area contributed by atoms with Crippen molar-refractivity contribution in [2.24, 2.45) is 0 Å². The first-order valence-corrected chi connectivity index (χ1v) is 8.54. The first-order valence-electron chi connectivity index (χ1n) is 8.54. The number of amides is 2. The van der Waals surface area contributed by atoms with Crippen LogP contribution in [0.2, 0.25) is 0 Å². The molecule has 1 aliphatic rings. The third kappa shape index (κ3) is 5.76. The van der Waals surface area contributed by atoms with E-state index in [1.54, 1.807) is 12.1 Å². The van der Waals surface area contributed by atoms with E-state index in [1.165, 1.54) is 6.07 Å². The van der Waals surface area contributed by atoms with Gasteiger partial charge >= 0.3 is 6.03 Å². The lowest BCUT2D eigenvalue weighted by Crippen LogP contribution is -2.47. The Labute approximate surface area is 143 Å². The molecular weight excluding hydrogens is 309 g/mol. The molecule has 0 atom stereocenters. The van der Waals surface area contributed by atoms with Gasteiger partial charge in [0.15, 0.2) is 0 Å². The van der Waals surface area contributed by atoms with Crippen molar-refractivity contribution < 1.29 is 14.3 Å². The first-order chi connectivity index (χ1) is 11.4. The number of aliphatic hydroxyl groups is 1. The molecule has 3 N–H and O–H groups in total. The molecule has 6 heteroatoms. The highest BCUT2D eigenvalue weighted by Gasteiger charge is 2.29. The van der Waals surface area contributed by atoms with Crippen molar-refractivity contribution in [1.29, 1.82) is 0 Å². The van der Waals surface area contributed by atoms with Crippen LogP contribution < -0.4 is 10.6 Å². The second-order valence-corrected chi connectivity index (χ2v) is 6.98. The summed E-state index contributed by atoms with van der Waals surface area (Å²) in [5.74, 6) is -0.239. The van der Waals surface area contributed by atoms with Crippen molar-refractivity contribution >= 4 is 6.03 Å². The van der Waals surface area contributed by atoms with E-state index in [2.05, 4.69) is 10.6 Å². The van der Waals surface area contributed by atoms with Crippen LogP contribution in [0.3, 0.4) is 0 Å². The first kappa shape index (κ1) is 18.7. The largest absolute Gasteiger partial charge is 0.388 e. The van der Waals surface area contributed by atoms with Crippen molar-refractivity contribution in [3.8, 4) is 0 Å². The van der Waals surface area contributed by atoms with Crippen molar-refractivity contribution in [2.45, 2.75) is 50.8 Å². The number of nitrogens with zero attached hydrogens (tertiary/aromatic N) is 1. The fraction of sp³-hybridized carbons (Fsp3) is 0.611. The number of urea groups is 1. The number of hydrogen-bond donors (Lipinski definition) is 3. The van der Waals surface area contributed by atoms with Gasteiger partial charge in [0.2, 0.25) is 0 Å². The van der Waals surface area contributed by atoms with Gasteiger partial charge in [-0.25, -0.2) is 9.18 Å². The Balaban J connectivity index is 1.81. The quantitative estimate of drug-likeness (QED) is 0.747. The molecule has 0 bridgehead atoms. The van der Waals surface area contributed by atoms with Gasteiger partial charge in [-0.3, -0.25) is 0 Å². The van der Waals surface area contributed by atoms with Crippen molar-refractivity contribution in [2.75, 3.05) is 20.6 Å². The molecule has 0 aromatic heterocycles. The zero-order valence-corrected chi connectivity index (χ0v) is 14.6. The van der Waals surface area contributed by atoms with Crippen LogP contribution in [-0.4, -0.2) is 42.3 Å². The minimum atomic E-state index is -0.773. The Morgan fingerprint density at radius 2 is 1.96 bits per heavy atom. The van der Waals surface area contributed by atoms with E-state index in [0.717, 1.165) is 37.7 Å². The summed E-state index contributed by atoms with van der Waals surface area (Å²) in [6, 6.07) is 4.55. The average molecular weight is 337 g/mol. The Hall–Kier alpha value is -1.66. The molecule has 0 spiro atoms. The molecule has 24 heavy (non-hydrogen) atoms. The van der Waals surface area contributed by atoms with Crippen LogP contribution in [0, 0.1) is 5.82 Å². The van der Waals surface area contributed by atoms with E-state index in [0.29, 0.717) is 18.7 Å². The molecule has 0 radical (unpaired) electrons. The average Bonchev–Trinajstić information content (AvgIpc) is 2.54. The normalized spacial score (nSPS) is 16.9. The molecule has 1 saturated carbocycles. The minimum absolute atomic E-state index is 0.239. The predicted octanol–water partition coefficient (Wildman–Crippen LogP) is 2.38. The molecular formula is C18H28FN3O2. The van der Waals surface area contributed by atoms with Crippen LogP contribution in [0.4, 0.5) is 9.18 Å². The maximum Gasteiger partial charge on any atom is 0.315 e. The van der Waals surface area contributed by atoms with Gasteiger partial charge in [-0.1, -0.05) is 25.3 Å². The molecule has 1 aromatic carbocycles. The molecule has 5 nitrogen and oxygen atoms in total. The summed E-state index contributed by atoms with van der Waals surface area (Å²) in [6.07, 6.45) is 4.63. The zero-order chi connectivity index (χ0) is 17.6. The number of rotatable bonds is 6. The maximum absolute atomic E-state index is 13.7. The fourth-order valence-electron chi connectivity index (χ4n) is 3.08. The zero-order valence-electron chi connectivity index (χ0n) is 14.6. The van der Waals surface area contributed by atoms with E-state index in [1.807, 2.05) is 19.0 Å². The van der Waals surface area contributed by atoms with Gasteiger partial charge < -0.3 is 20.6 Å². The highest BCUT2D eigenvalue weighted by Crippen LogP contribution is 2.27. The number of nitrogens with one attached hydrogen (secondary N) is 2. The van der Waals surface area contributed by atoms with Crippen molar-refractivity contribution in [3.63, 3.8) is 0 Å². The Bertz CT molecular complexity index is 557. The van der Waals surface area contributed by atoms with Gasteiger partial charge in [0, 0.05) is 25.2 Å². The molecule has 134 valence electrons. The number of halogens is 1. The van der Waals surface area contributed by atoms with Gasteiger partial charge in [-0.05, 0) is 44.6 Å². The summed E-state index contributed by atoms with van der Waals surface area (Å²) in [5, 5.41) is 15.9. The van der Waals surface area contributed by atoms with Crippen LogP contribution in [0.25, 0.3) is 0 Å². The predicted molar refractivity (Wildman–Crippen MR) is 92.1 cm³/mol. The number of carbonyl (C=O) groups excluding carboxylic acids is 1. The minimum Gasteiger partial charge on any atom is -0.388 e. The lowest BCUT2D eigenvalue weighted by molar-refractivity contribution is 0.00719. The van der Waals surface area contributed by atoms with E-state index < -0.39 is 5.60 Å². The Morgan fingerprint density at radius 3 is 2.62 bits per heavy atom. The molecule has 0 heterocycles. The van der Waals surface area contributed by atoms with Crippen molar-refractivity contribution in [3.05, 3.63) is 35.1 Å². The van der Waals surface area contributed by atoms with E-state index in [4.69, 9.17) is 0 Å². The van der Waals surface area contributed by atoms with Gasteiger partial charge in [-0.2, -0.15) is 0 Å². The highest BCUT2D eigenvalue weighted by molar-refractivity contribution is 5.73. The molecule has 0 unspecified atom stereocenters. The molecule has 1 fully saturated rings. The van der Waals surface area contributed by atoms with Gasteiger partial charge in [-0.15, -0.1) is 0 Å². The molecule has 1 aliphatic carbocycles. The van der Waals surface area contributed by atoms with Gasteiger partial charge in [0.25, 0.3) is 0 Å². The number of carbonyl (C=O) groups is 1. The third-order valence-corrected chi connectivity index (χ3v) is 4.41. The number of benzene rings is 1. The maximum atomic E-state index is 13.7. The van der Waals surface area contributed by atoms with Crippen molar-refractivity contribution in [1.82, 2.24) is 15.5 Å². The van der Waals surface area contributed by atoms with Crippen LogP contribution in [0.15, 0.2) is 18.2 Å². The van der Waals surface area contributed by atoms with Crippen LogP contribution in [0.5, 0.6) is 0 Å². The molecule has 2 rings (SSSR count). The highest BCUT2D eigenvalue weighted by atomic mass is 19.1. The fourth-order valence-corrected chi connectivity index (χ4v) is 3.08. The SMILES string of the molecule is CN(C)Cc1cc(CNC(=O)NCC2(O)CCCCC2)ccc1F. The monoisotopic (exact) mass is 337 g/mol. The smallest absolute Gasteiger partial charge is 0.315 e. The van der Waals surface area contributed by atoms with Crippen LogP contribution in [-0.2, 0) is 13.1 Å². The number of hydrogen-bond acceptors (Lipinski definition) is 3. The Morgan fingerprint density at radius 1 is 1.25 bits per heavy atom. The summed E-state index contributed by atoms with van der Waals surface area (Å²) in [5.41, 5.74) is 0.681. The summed E-state index contributed by atoms with van der Waals surface area (Å²) >= 11 is 0. The van der Waals surface area contributed by atoms with Crippen LogP contribution in [0.1, 0.15) is 43.2 Å². The summed E-state index contributed by atoms with van der Waals surface area (Å²) < 4.78 is 13.7. The van der Waals surface area contributed by atoms with Crippen LogP contribution >= 0.6 is 0 Å². The third-order valence-electron chi connectivity index (χ3n) is 4.41. The van der Waals surface area contributed by atoms with Gasteiger partial charge in [0.05, 0.1) is 5.60 Å². The van der Waals surface area contributed by atoms with E-state index in [9.17, 15) is 14.3 Å². The second kappa shape index (κ2) is 8.44. The summed E-state index contributed by atoms with van der Waals surface area (Å²) in [4.78, 5) is 13.8.